The maximum atomic E-state index is 13.6. The summed E-state index contributed by atoms with van der Waals surface area (Å²) in [6.07, 6.45) is 0. The number of hydrogen-bond acceptors (Lipinski definition) is 2. The SMILES string of the molecule is Cc1ccc(-c2cc(Cl)nc(C(C)(C)C)n2)cc1F. The van der Waals surface area contributed by atoms with E-state index in [1.807, 2.05) is 26.8 Å². The fourth-order valence-electron chi connectivity index (χ4n) is 1.65. The van der Waals surface area contributed by atoms with E-state index in [0.29, 0.717) is 27.8 Å². The molecular formula is C15H16ClFN2. The Morgan fingerprint density at radius 1 is 1.11 bits per heavy atom. The molecule has 2 nitrogen and oxygen atoms in total. The summed E-state index contributed by atoms with van der Waals surface area (Å²) in [6, 6.07) is 6.70. The van der Waals surface area contributed by atoms with Crippen molar-refractivity contribution in [3.8, 4) is 11.3 Å². The molecule has 4 heteroatoms. The zero-order valence-electron chi connectivity index (χ0n) is 11.5. The third-order valence-corrected chi connectivity index (χ3v) is 3.03. The molecule has 0 aliphatic carbocycles. The van der Waals surface area contributed by atoms with Gasteiger partial charge in [-0.15, -0.1) is 0 Å². The van der Waals surface area contributed by atoms with Gasteiger partial charge in [0.2, 0.25) is 0 Å². The first kappa shape index (κ1) is 13.9. The summed E-state index contributed by atoms with van der Waals surface area (Å²) in [5, 5.41) is 0.371. The Morgan fingerprint density at radius 3 is 2.37 bits per heavy atom. The van der Waals surface area contributed by atoms with Crippen molar-refractivity contribution in [3.05, 3.63) is 46.6 Å². The number of aryl methyl sites for hydroxylation is 1. The van der Waals surface area contributed by atoms with Crippen LogP contribution in [0.3, 0.4) is 0 Å². The van der Waals surface area contributed by atoms with E-state index in [9.17, 15) is 4.39 Å². The molecule has 0 saturated carbocycles. The topological polar surface area (TPSA) is 25.8 Å². The smallest absolute Gasteiger partial charge is 0.136 e. The van der Waals surface area contributed by atoms with Gasteiger partial charge in [0.05, 0.1) is 5.69 Å². The van der Waals surface area contributed by atoms with Crippen molar-refractivity contribution in [2.45, 2.75) is 33.1 Å². The van der Waals surface area contributed by atoms with E-state index in [1.165, 1.54) is 6.07 Å². The Labute approximate surface area is 117 Å². The first-order chi connectivity index (χ1) is 8.77. The lowest BCUT2D eigenvalue weighted by molar-refractivity contribution is 0.546. The molecule has 1 aromatic heterocycles. The lowest BCUT2D eigenvalue weighted by Gasteiger charge is -2.17. The molecule has 2 rings (SSSR count). The second-order valence-corrected chi connectivity index (χ2v) is 6.00. The van der Waals surface area contributed by atoms with Gasteiger partial charge < -0.3 is 0 Å². The number of nitrogens with zero attached hydrogens (tertiary/aromatic N) is 2. The Balaban J connectivity index is 2.56. The molecule has 0 spiro atoms. The van der Waals surface area contributed by atoms with E-state index in [-0.39, 0.29) is 11.2 Å². The lowest BCUT2D eigenvalue weighted by Crippen LogP contribution is -2.16. The van der Waals surface area contributed by atoms with E-state index >= 15 is 0 Å². The van der Waals surface area contributed by atoms with E-state index in [0.717, 1.165) is 0 Å². The van der Waals surface area contributed by atoms with Crippen LogP contribution in [0.25, 0.3) is 11.3 Å². The van der Waals surface area contributed by atoms with E-state index in [1.54, 1.807) is 19.1 Å². The first-order valence-electron chi connectivity index (χ1n) is 6.09. The normalized spacial score (nSPS) is 11.7. The third kappa shape index (κ3) is 3.10. The van der Waals surface area contributed by atoms with Gasteiger partial charge in [-0.25, -0.2) is 14.4 Å². The molecule has 0 fully saturated rings. The van der Waals surface area contributed by atoms with E-state index in [2.05, 4.69) is 9.97 Å². The van der Waals surface area contributed by atoms with Gasteiger partial charge in [-0.1, -0.05) is 44.5 Å². The highest BCUT2D eigenvalue weighted by molar-refractivity contribution is 6.29. The monoisotopic (exact) mass is 278 g/mol. The number of halogens is 2. The molecule has 0 aliphatic heterocycles. The molecule has 0 radical (unpaired) electrons. The fraction of sp³-hybridized carbons (Fsp3) is 0.333. The number of hydrogen-bond donors (Lipinski definition) is 0. The third-order valence-electron chi connectivity index (χ3n) is 2.83. The largest absolute Gasteiger partial charge is 0.232 e. The molecule has 0 saturated heterocycles. The Kier molecular flexibility index (Phi) is 3.59. The molecule has 0 atom stereocenters. The van der Waals surface area contributed by atoms with Crippen LogP contribution in [-0.2, 0) is 5.41 Å². The van der Waals surface area contributed by atoms with Crippen LogP contribution >= 0.6 is 11.6 Å². The highest BCUT2D eigenvalue weighted by atomic mass is 35.5. The van der Waals surface area contributed by atoms with Crippen molar-refractivity contribution in [2.24, 2.45) is 0 Å². The molecule has 100 valence electrons. The average Bonchev–Trinajstić information content (AvgIpc) is 2.31. The standard InChI is InChI=1S/C15H16ClFN2/c1-9-5-6-10(7-11(9)17)12-8-13(16)19-14(18-12)15(2,3)4/h5-8H,1-4H3. The Morgan fingerprint density at radius 2 is 1.79 bits per heavy atom. The van der Waals surface area contributed by atoms with Crippen LogP contribution in [0.5, 0.6) is 0 Å². The highest BCUT2D eigenvalue weighted by Crippen LogP contribution is 2.26. The van der Waals surface area contributed by atoms with Crippen LogP contribution < -0.4 is 0 Å². The van der Waals surface area contributed by atoms with Gasteiger partial charge in [0.15, 0.2) is 0 Å². The number of benzene rings is 1. The highest BCUT2D eigenvalue weighted by Gasteiger charge is 2.19. The molecule has 19 heavy (non-hydrogen) atoms. The molecule has 0 bridgehead atoms. The summed E-state index contributed by atoms with van der Waals surface area (Å²) < 4.78 is 13.6. The fourth-order valence-corrected chi connectivity index (χ4v) is 1.84. The Hall–Kier alpha value is -1.48. The van der Waals surface area contributed by atoms with Crippen LogP contribution in [0.15, 0.2) is 24.3 Å². The van der Waals surface area contributed by atoms with Gasteiger partial charge in [-0.05, 0) is 18.6 Å². The summed E-state index contributed by atoms with van der Waals surface area (Å²) in [5.74, 6) is 0.403. The first-order valence-corrected chi connectivity index (χ1v) is 6.47. The quantitative estimate of drug-likeness (QED) is 0.716. The molecule has 1 aromatic carbocycles. The Bertz CT molecular complexity index is 618. The van der Waals surface area contributed by atoms with Gasteiger partial charge in [0.1, 0.15) is 16.8 Å². The molecular weight excluding hydrogens is 263 g/mol. The second-order valence-electron chi connectivity index (χ2n) is 5.61. The van der Waals surface area contributed by atoms with Gasteiger partial charge in [-0.3, -0.25) is 0 Å². The predicted octanol–water partition coefficient (Wildman–Crippen LogP) is 4.54. The van der Waals surface area contributed by atoms with Gasteiger partial charge in [0, 0.05) is 17.0 Å². The van der Waals surface area contributed by atoms with Crippen molar-refractivity contribution < 1.29 is 4.39 Å². The van der Waals surface area contributed by atoms with E-state index in [4.69, 9.17) is 11.6 Å². The zero-order valence-corrected chi connectivity index (χ0v) is 12.2. The number of rotatable bonds is 1. The average molecular weight is 279 g/mol. The maximum absolute atomic E-state index is 13.6. The van der Waals surface area contributed by atoms with Crippen LogP contribution in [0, 0.1) is 12.7 Å². The molecule has 2 aromatic rings. The van der Waals surface area contributed by atoms with Gasteiger partial charge in [0.25, 0.3) is 0 Å². The van der Waals surface area contributed by atoms with Gasteiger partial charge in [-0.2, -0.15) is 0 Å². The summed E-state index contributed by atoms with van der Waals surface area (Å²) in [5.41, 5.74) is 1.75. The molecule has 0 aliphatic rings. The van der Waals surface area contributed by atoms with Crippen molar-refractivity contribution in [3.63, 3.8) is 0 Å². The van der Waals surface area contributed by atoms with Crippen molar-refractivity contribution in [2.75, 3.05) is 0 Å². The zero-order chi connectivity index (χ0) is 14.2. The van der Waals surface area contributed by atoms with E-state index < -0.39 is 0 Å². The summed E-state index contributed by atoms with van der Waals surface area (Å²) >= 11 is 6.03. The minimum absolute atomic E-state index is 0.205. The molecule has 1 heterocycles. The summed E-state index contributed by atoms with van der Waals surface area (Å²) in [4.78, 5) is 8.71. The van der Waals surface area contributed by atoms with Crippen LogP contribution in [0.4, 0.5) is 4.39 Å². The van der Waals surface area contributed by atoms with Crippen LogP contribution in [0.2, 0.25) is 5.15 Å². The second kappa shape index (κ2) is 4.89. The summed E-state index contributed by atoms with van der Waals surface area (Å²) in [6.45, 7) is 7.77. The van der Waals surface area contributed by atoms with Gasteiger partial charge >= 0.3 is 0 Å². The maximum Gasteiger partial charge on any atom is 0.136 e. The van der Waals surface area contributed by atoms with Crippen LogP contribution in [0.1, 0.15) is 32.2 Å². The minimum atomic E-state index is -0.246. The molecule has 0 unspecified atom stereocenters. The van der Waals surface area contributed by atoms with Crippen LogP contribution in [-0.4, -0.2) is 9.97 Å². The summed E-state index contributed by atoms with van der Waals surface area (Å²) in [7, 11) is 0. The number of aromatic nitrogens is 2. The minimum Gasteiger partial charge on any atom is -0.232 e. The molecule has 0 amide bonds. The van der Waals surface area contributed by atoms with Crippen molar-refractivity contribution in [1.82, 2.24) is 9.97 Å². The molecule has 0 N–H and O–H groups in total. The van der Waals surface area contributed by atoms with Crippen molar-refractivity contribution >= 4 is 11.6 Å². The predicted molar refractivity (Wildman–Crippen MR) is 75.9 cm³/mol. The lowest BCUT2D eigenvalue weighted by atomic mass is 9.95. The van der Waals surface area contributed by atoms with Crippen molar-refractivity contribution in [1.29, 1.82) is 0 Å².